The maximum atomic E-state index is 12.5. The summed E-state index contributed by atoms with van der Waals surface area (Å²) in [6.07, 6.45) is 1.77. The average Bonchev–Trinajstić information content (AvgIpc) is 3.04. The molecule has 2 atom stereocenters. The lowest BCUT2D eigenvalue weighted by atomic mass is 10.2. The Kier molecular flexibility index (Phi) is 5.20. The van der Waals surface area contributed by atoms with Crippen molar-refractivity contribution in [2.24, 2.45) is 0 Å². The summed E-state index contributed by atoms with van der Waals surface area (Å²) in [5.41, 5.74) is 2.19. The third-order valence-corrected chi connectivity index (χ3v) is 5.01. The summed E-state index contributed by atoms with van der Waals surface area (Å²) in [5, 5.41) is 8.86. The number of hydrogen-bond acceptors (Lipinski definition) is 5. The Bertz CT molecular complexity index is 701. The first kappa shape index (κ1) is 17.0. The van der Waals surface area contributed by atoms with E-state index in [9.17, 15) is 4.79 Å². The quantitative estimate of drug-likeness (QED) is 0.795. The van der Waals surface area contributed by atoms with Gasteiger partial charge in [-0.2, -0.15) is 0 Å². The molecular weight excluding hydrogens is 324 g/mol. The van der Waals surface area contributed by atoms with Crippen molar-refractivity contribution in [3.05, 3.63) is 36.2 Å². The van der Waals surface area contributed by atoms with Crippen LogP contribution in [0.2, 0.25) is 0 Å². The number of benzene rings is 1. The fourth-order valence-corrected chi connectivity index (χ4v) is 3.48. The van der Waals surface area contributed by atoms with Gasteiger partial charge in [-0.15, -0.1) is 10.2 Å². The van der Waals surface area contributed by atoms with Crippen molar-refractivity contribution in [2.45, 2.75) is 38.1 Å². The second-order valence-electron chi connectivity index (χ2n) is 6.15. The van der Waals surface area contributed by atoms with E-state index in [-0.39, 0.29) is 18.1 Å². The minimum Gasteiger partial charge on any atom is -0.375 e. The predicted molar refractivity (Wildman–Crippen MR) is 93.4 cm³/mol. The lowest BCUT2D eigenvalue weighted by Crippen LogP contribution is -2.50. The molecule has 0 N–H and O–H groups in total. The maximum Gasteiger partial charge on any atom is 0.233 e. The van der Waals surface area contributed by atoms with Crippen LogP contribution in [0.25, 0.3) is 5.69 Å². The van der Waals surface area contributed by atoms with Gasteiger partial charge in [0.25, 0.3) is 0 Å². The number of hydrogen-bond donors (Lipinski definition) is 0. The third kappa shape index (κ3) is 3.79. The van der Waals surface area contributed by atoms with Crippen LogP contribution in [0.15, 0.2) is 35.7 Å². The van der Waals surface area contributed by atoms with E-state index in [4.69, 9.17) is 4.74 Å². The summed E-state index contributed by atoms with van der Waals surface area (Å²) in [6.45, 7) is 7.30. The van der Waals surface area contributed by atoms with Gasteiger partial charge in [-0.05, 0) is 32.9 Å². The molecule has 0 spiro atoms. The monoisotopic (exact) mass is 346 g/mol. The molecule has 0 aliphatic carbocycles. The van der Waals surface area contributed by atoms with Crippen molar-refractivity contribution in [1.82, 2.24) is 19.7 Å². The van der Waals surface area contributed by atoms with Gasteiger partial charge in [-0.25, -0.2) is 0 Å². The van der Waals surface area contributed by atoms with Crippen LogP contribution in [0.1, 0.15) is 19.4 Å². The summed E-state index contributed by atoms with van der Waals surface area (Å²) in [4.78, 5) is 14.4. The smallest absolute Gasteiger partial charge is 0.233 e. The van der Waals surface area contributed by atoms with Crippen molar-refractivity contribution >= 4 is 17.7 Å². The Balaban J connectivity index is 1.66. The van der Waals surface area contributed by atoms with Crippen LogP contribution in [0.5, 0.6) is 0 Å². The topological polar surface area (TPSA) is 60.2 Å². The highest BCUT2D eigenvalue weighted by Crippen LogP contribution is 2.21. The molecule has 3 rings (SSSR count). The molecular formula is C17H22N4O2S. The largest absolute Gasteiger partial charge is 0.375 e. The second kappa shape index (κ2) is 7.36. The molecule has 1 aliphatic rings. The first-order valence-corrected chi connectivity index (χ1v) is 9.04. The van der Waals surface area contributed by atoms with Gasteiger partial charge < -0.3 is 9.64 Å². The Hall–Kier alpha value is -1.86. The summed E-state index contributed by atoms with van der Waals surface area (Å²) < 4.78 is 7.49. The zero-order valence-electron chi connectivity index (χ0n) is 14.2. The summed E-state index contributed by atoms with van der Waals surface area (Å²) in [5.74, 6) is 0.461. The number of ether oxygens (including phenoxy) is 1. The first-order chi connectivity index (χ1) is 11.5. The number of amides is 1. The van der Waals surface area contributed by atoms with Gasteiger partial charge in [0, 0.05) is 12.2 Å². The standard InChI is InChI=1S/C17H22N4O2S/c1-12-4-6-15(7-5-12)21-11-18-19-17(21)24-10-16(22)20-8-14(3)23-9-13(20)2/h4-7,11,13-14H,8-10H2,1-3H3. The Morgan fingerprint density at radius 3 is 2.83 bits per heavy atom. The highest BCUT2D eigenvalue weighted by Gasteiger charge is 2.27. The number of carbonyl (C=O) groups is 1. The van der Waals surface area contributed by atoms with E-state index in [0.29, 0.717) is 18.9 Å². The molecule has 1 fully saturated rings. The molecule has 0 radical (unpaired) electrons. The molecule has 2 heterocycles. The van der Waals surface area contributed by atoms with Gasteiger partial charge in [0.15, 0.2) is 5.16 Å². The van der Waals surface area contributed by atoms with E-state index in [1.807, 2.05) is 47.6 Å². The Labute approximate surface area is 146 Å². The van der Waals surface area contributed by atoms with Gasteiger partial charge in [0.05, 0.1) is 24.5 Å². The number of aromatic nitrogens is 3. The summed E-state index contributed by atoms with van der Waals surface area (Å²) in [6, 6.07) is 8.26. The van der Waals surface area contributed by atoms with E-state index in [2.05, 4.69) is 17.1 Å². The van der Waals surface area contributed by atoms with E-state index in [1.165, 1.54) is 17.3 Å². The van der Waals surface area contributed by atoms with Gasteiger partial charge in [0.1, 0.15) is 6.33 Å². The van der Waals surface area contributed by atoms with Crippen molar-refractivity contribution in [3.8, 4) is 5.69 Å². The fourth-order valence-electron chi connectivity index (χ4n) is 2.67. The normalized spacial score (nSPS) is 21.0. The number of morpholine rings is 1. The molecule has 7 heteroatoms. The van der Waals surface area contributed by atoms with Crippen LogP contribution in [-0.4, -0.2) is 56.6 Å². The van der Waals surface area contributed by atoms with Gasteiger partial charge in [0.2, 0.25) is 5.91 Å². The average molecular weight is 346 g/mol. The Morgan fingerprint density at radius 2 is 2.08 bits per heavy atom. The zero-order chi connectivity index (χ0) is 17.1. The SMILES string of the molecule is Cc1ccc(-n2cnnc2SCC(=O)N2CC(C)OCC2C)cc1. The van der Waals surface area contributed by atoms with Crippen LogP contribution in [-0.2, 0) is 9.53 Å². The van der Waals surface area contributed by atoms with E-state index in [0.717, 1.165) is 10.8 Å². The predicted octanol–water partition coefficient (Wildman–Crippen LogP) is 2.30. The van der Waals surface area contributed by atoms with Crippen molar-refractivity contribution in [1.29, 1.82) is 0 Å². The molecule has 6 nitrogen and oxygen atoms in total. The number of nitrogens with zero attached hydrogens (tertiary/aromatic N) is 4. The Morgan fingerprint density at radius 1 is 1.33 bits per heavy atom. The maximum absolute atomic E-state index is 12.5. The lowest BCUT2D eigenvalue weighted by Gasteiger charge is -2.36. The number of thioether (sulfide) groups is 1. The molecule has 0 bridgehead atoms. The van der Waals surface area contributed by atoms with Crippen LogP contribution in [0, 0.1) is 6.92 Å². The molecule has 24 heavy (non-hydrogen) atoms. The van der Waals surface area contributed by atoms with E-state index in [1.54, 1.807) is 6.33 Å². The van der Waals surface area contributed by atoms with Crippen LogP contribution >= 0.6 is 11.8 Å². The van der Waals surface area contributed by atoms with Crippen LogP contribution in [0.4, 0.5) is 0 Å². The van der Waals surface area contributed by atoms with Crippen molar-refractivity contribution in [2.75, 3.05) is 18.9 Å². The molecule has 1 saturated heterocycles. The first-order valence-electron chi connectivity index (χ1n) is 8.05. The van der Waals surface area contributed by atoms with E-state index >= 15 is 0 Å². The second-order valence-corrected chi connectivity index (χ2v) is 7.09. The molecule has 2 unspecified atom stereocenters. The molecule has 1 aromatic carbocycles. The summed E-state index contributed by atoms with van der Waals surface area (Å²) in [7, 11) is 0. The molecule has 128 valence electrons. The molecule has 2 aromatic rings. The molecule has 0 saturated carbocycles. The summed E-state index contributed by atoms with van der Waals surface area (Å²) >= 11 is 1.42. The van der Waals surface area contributed by atoms with Crippen LogP contribution in [0.3, 0.4) is 0 Å². The van der Waals surface area contributed by atoms with Gasteiger partial charge in [-0.3, -0.25) is 9.36 Å². The van der Waals surface area contributed by atoms with Crippen LogP contribution < -0.4 is 0 Å². The molecule has 1 aliphatic heterocycles. The third-order valence-electron chi connectivity index (χ3n) is 4.08. The highest BCUT2D eigenvalue weighted by molar-refractivity contribution is 7.99. The van der Waals surface area contributed by atoms with Crippen molar-refractivity contribution in [3.63, 3.8) is 0 Å². The minimum absolute atomic E-state index is 0.0892. The van der Waals surface area contributed by atoms with Gasteiger partial charge >= 0.3 is 0 Å². The van der Waals surface area contributed by atoms with E-state index < -0.39 is 0 Å². The molecule has 1 aromatic heterocycles. The lowest BCUT2D eigenvalue weighted by molar-refractivity contribution is -0.140. The number of aryl methyl sites for hydroxylation is 1. The van der Waals surface area contributed by atoms with Gasteiger partial charge in [-0.1, -0.05) is 29.5 Å². The minimum atomic E-state index is 0.0892. The fraction of sp³-hybridized carbons (Fsp3) is 0.471. The van der Waals surface area contributed by atoms with Crippen molar-refractivity contribution < 1.29 is 9.53 Å². The zero-order valence-corrected chi connectivity index (χ0v) is 15.0. The number of carbonyl (C=O) groups excluding carboxylic acids is 1. The highest BCUT2D eigenvalue weighted by atomic mass is 32.2. The molecule has 1 amide bonds. The number of rotatable bonds is 4.